The van der Waals surface area contributed by atoms with Gasteiger partial charge in [-0.05, 0) is 18.2 Å². The predicted molar refractivity (Wildman–Crippen MR) is 124 cm³/mol. The number of nitrogens with one attached hydrogen (secondary N) is 1. The van der Waals surface area contributed by atoms with Crippen LogP contribution < -0.4 is 10.1 Å². The summed E-state index contributed by atoms with van der Waals surface area (Å²) in [5.74, 6) is -0.317. The van der Waals surface area contributed by atoms with Crippen LogP contribution >= 0.6 is 11.6 Å². The van der Waals surface area contributed by atoms with Gasteiger partial charge < -0.3 is 14.6 Å². The minimum absolute atomic E-state index is 0.105. The molecule has 0 radical (unpaired) electrons. The number of rotatable bonds is 5. The number of benzene rings is 1. The van der Waals surface area contributed by atoms with Gasteiger partial charge in [-0.3, -0.25) is 4.79 Å². The van der Waals surface area contributed by atoms with Gasteiger partial charge in [-0.15, -0.1) is 4.80 Å². The lowest BCUT2D eigenvalue weighted by Crippen LogP contribution is -2.21. The van der Waals surface area contributed by atoms with Crippen LogP contribution in [-0.4, -0.2) is 47.3 Å². The number of hydrogen-bond donors (Lipinski definition) is 1. The number of hydrogen-bond acceptors (Lipinski definition) is 6. The Hall–Kier alpha value is -4.39. The van der Waals surface area contributed by atoms with Crippen molar-refractivity contribution >= 4 is 34.1 Å². The Kier molecular flexibility index (Phi) is 5.63. The lowest BCUT2D eigenvalue weighted by atomic mass is 10.1. The van der Waals surface area contributed by atoms with Crippen molar-refractivity contribution in [2.24, 2.45) is 7.05 Å². The van der Waals surface area contributed by atoms with E-state index in [-0.39, 0.29) is 22.4 Å². The molecular weight excluding hydrogens is 501 g/mol. The Balaban J connectivity index is 1.59. The first-order valence-electron chi connectivity index (χ1n) is 10.3. The van der Waals surface area contributed by atoms with Crippen molar-refractivity contribution in [3.63, 3.8) is 0 Å². The predicted octanol–water partition coefficient (Wildman–Crippen LogP) is 4.27. The number of aromatic nitrogens is 7. The second-order valence-corrected chi connectivity index (χ2v) is 7.95. The van der Waals surface area contributed by atoms with Crippen molar-refractivity contribution in [3.8, 4) is 17.4 Å². The molecule has 4 aromatic heterocycles. The maximum Gasteiger partial charge on any atom is 0.434 e. The number of pyridine rings is 1. The summed E-state index contributed by atoms with van der Waals surface area (Å²) in [4.78, 5) is 18.4. The minimum atomic E-state index is -4.90. The molecule has 184 valence electrons. The second kappa shape index (κ2) is 8.68. The van der Waals surface area contributed by atoms with E-state index in [1.165, 1.54) is 47.2 Å². The van der Waals surface area contributed by atoms with Crippen LogP contribution in [0.5, 0.6) is 5.88 Å². The minimum Gasteiger partial charge on any atom is -0.481 e. The van der Waals surface area contributed by atoms with Crippen molar-refractivity contribution in [1.82, 2.24) is 34.3 Å². The monoisotopic (exact) mass is 516 g/mol. The molecule has 0 aliphatic carbocycles. The van der Waals surface area contributed by atoms with Crippen LogP contribution in [0.1, 0.15) is 16.1 Å². The summed E-state index contributed by atoms with van der Waals surface area (Å²) in [7, 11) is 2.97. The fourth-order valence-electron chi connectivity index (χ4n) is 3.90. The lowest BCUT2D eigenvalue weighted by molar-refractivity contribution is -0.143. The number of fused-ring (bicyclic) bond motifs is 1. The van der Waals surface area contributed by atoms with Crippen LogP contribution in [0, 0.1) is 0 Å². The molecule has 0 aliphatic rings. The molecule has 4 heterocycles. The molecule has 0 unspecified atom stereocenters. The maximum absolute atomic E-state index is 14.3. The number of carbonyl (C=O) groups excluding carboxylic acids is 1. The summed E-state index contributed by atoms with van der Waals surface area (Å²) < 4.78 is 50.2. The molecule has 0 saturated heterocycles. The number of ether oxygens (including phenoxy) is 1. The molecule has 5 rings (SSSR count). The van der Waals surface area contributed by atoms with E-state index in [0.29, 0.717) is 21.3 Å². The van der Waals surface area contributed by atoms with E-state index in [9.17, 15) is 18.0 Å². The summed E-state index contributed by atoms with van der Waals surface area (Å²) in [5.41, 5.74) is -1.80. The molecule has 0 bridgehead atoms. The number of anilines is 1. The second-order valence-electron chi connectivity index (χ2n) is 7.54. The number of halogens is 4. The third kappa shape index (κ3) is 3.82. The third-order valence-electron chi connectivity index (χ3n) is 5.46. The van der Waals surface area contributed by atoms with E-state index in [1.54, 1.807) is 25.2 Å². The van der Waals surface area contributed by atoms with E-state index in [0.717, 1.165) is 6.20 Å². The number of amides is 1. The molecular formula is C22H16ClF3N8O2. The zero-order valence-corrected chi connectivity index (χ0v) is 19.4. The summed E-state index contributed by atoms with van der Waals surface area (Å²) in [6.07, 6.45) is 0.254. The van der Waals surface area contributed by atoms with Gasteiger partial charge in [0.25, 0.3) is 5.91 Å². The first-order valence-corrected chi connectivity index (χ1v) is 10.7. The highest BCUT2D eigenvalue weighted by atomic mass is 35.5. The zero-order chi connectivity index (χ0) is 25.6. The molecule has 0 aliphatic heterocycles. The molecule has 10 nitrogen and oxygen atoms in total. The fourth-order valence-corrected chi connectivity index (χ4v) is 4.20. The van der Waals surface area contributed by atoms with E-state index in [1.807, 2.05) is 0 Å². The largest absolute Gasteiger partial charge is 0.481 e. The average molecular weight is 517 g/mol. The van der Waals surface area contributed by atoms with E-state index >= 15 is 0 Å². The SMILES string of the molecule is COc1nccc2c(-n3ncc(C(=O)Nc4cc(Cl)c(-n5nccn5)n4C)c3C(F)(F)F)cccc12. The Labute approximate surface area is 205 Å². The van der Waals surface area contributed by atoms with Crippen molar-refractivity contribution in [2.45, 2.75) is 6.18 Å². The Bertz CT molecular complexity index is 1590. The van der Waals surface area contributed by atoms with Gasteiger partial charge in [0.05, 0.1) is 42.0 Å². The van der Waals surface area contributed by atoms with E-state index in [2.05, 4.69) is 25.6 Å². The first kappa shape index (κ1) is 23.4. The summed E-state index contributed by atoms with van der Waals surface area (Å²) in [5, 5.41) is 15.5. The summed E-state index contributed by atoms with van der Waals surface area (Å²) in [6.45, 7) is 0. The zero-order valence-electron chi connectivity index (χ0n) is 18.7. The van der Waals surface area contributed by atoms with Gasteiger partial charge in [0, 0.05) is 30.1 Å². The Morgan fingerprint density at radius 3 is 2.53 bits per heavy atom. The van der Waals surface area contributed by atoms with Gasteiger partial charge in [0.15, 0.2) is 11.5 Å². The topological polar surface area (TPSA) is 105 Å². The van der Waals surface area contributed by atoms with Crippen molar-refractivity contribution in [3.05, 3.63) is 71.4 Å². The van der Waals surface area contributed by atoms with Crippen molar-refractivity contribution < 1.29 is 22.7 Å². The fraction of sp³-hybridized carbons (Fsp3) is 0.136. The molecule has 36 heavy (non-hydrogen) atoms. The molecule has 1 aromatic carbocycles. The standard InChI is InChI=1S/C22H16ClF3N8O2/c1-32-17(10-15(23)21(32)34-28-8-9-29-34)31-19(35)14-11-30-33(18(14)22(24,25)26)16-5-3-4-13-12(16)6-7-27-20(13)36-2/h3-11H,1-2H3,(H,31,35). The summed E-state index contributed by atoms with van der Waals surface area (Å²) >= 11 is 6.25. The molecule has 0 fully saturated rings. The smallest absolute Gasteiger partial charge is 0.434 e. The molecule has 1 N–H and O–H groups in total. The van der Waals surface area contributed by atoms with Crippen LogP contribution in [0.15, 0.2) is 55.1 Å². The lowest BCUT2D eigenvalue weighted by Gasteiger charge is -2.15. The van der Waals surface area contributed by atoms with Crippen LogP contribution in [0.2, 0.25) is 5.02 Å². The van der Waals surface area contributed by atoms with E-state index < -0.39 is 23.3 Å². The molecule has 1 amide bonds. The first-order chi connectivity index (χ1) is 17.2. The number of nitrogens with zero attached hydrogens (tertiary/aromatic N) is 7. The third-order valence-corrected chi connectivity index (χ3v) is 5.73. The van der Waals surface area contributed by atoms with E-state index in [4.69, 9.17) is 16.3 Å². The highest BCUT2D eigenvalue weighted by molar-refractivity contribution is 6.32. The molecule has 0 spiro atoms. The molecule has 0 atom stereocenters. The van der Waals surface area contributed by atoms with Crippen LogP contribution in [-0.2, 0) is 13.2 Å². The van der Waals surface area contributed by atoms with Gasteiger partial charge in [-0.1, -0.05) is 17.7 Å². The van der Waals surface area contributed by atoms with Gasteiger partial charge in [-0.2, -0.15) is 28.5 Å². The molecule has 0 saturated carbocycles. The van der Waals surface area contributed by atoms with Gasteiger partial charge in [0.1, 0.15) is 5.82 Å². The average Bonchev–Trinajstić information content (AvgIpc) is 3.58. The molecule has 14 heteroatoms. The van der Waals surface area contributed by atoms with Gasteiger partial charge in [-0.25, -0.2) is 9.67 Å². The number of alkyl halides is 3. The number of carbonyl (C=O) groups is 1. The highest BCUT2D eigenvalue weighted by Gasteiger charge is 2.41. The van der Waals surface area contributed by atoms with Crippen LogP contribution in [0.3, 0.4) is 0 Å². The van der Waals surface area contributed by atoms with Crippen molar-refractivity contribution in [2.75, 3.05) is 12.4 Å². The number of methoxy groups -OCH3 is 1. The summed E-state index contributed by atoms with van der Waals surface area (Å²) in [6, 6.07) is 7.62. The van der Waals surface area contributed by atoms with Gasteiger partial charge in [0.2, 0.25) is 5.88 Å². The van der Waals surface area contributed by atoms with Crippen LogP contribution in [0.25, 0.3) is 22.3 Å². The maximum atomic E-state index is 14.3. The quantitative estimate of drug-likeness (QED) is 0.374. The van der Waals surface area contributed by atoms with Crippen LogP contribution in [0.4, 0.5) is 19.0 Å². The van der Waals surface area contributed by atoms with Gasteiger partial charge >= 0.3 is 6.18 Å². The normalized spacial score (nSPS) is 11.7. The Morgan fingerprint density at radius 1 is 1.08 bits per heavy atom. The Morgan fingerprint density at radius 2 is 1.83 bits per heavy atom. The van der Waals surface area contributed by atoms with Crippen molar-refractivity contribution in [1.29, 1.82) is 0 Å². The highest BCUT2D eigenvalue weighted by Crippen LogP contribution is 2.37. The molecule has 5 aromatic rings.